The number of oxime groups is 1. The monoisotopic (exact) mass is 425 g/mol. The molecule has 0 spiro atoms. The molecule has 2 aromatic carbocycles. The average Bonchev–Trinajstić information content (AvgIpc) is 2.73. The molecule has 5 heteroatoms. The van der Waals surface area contributed by atoms with Crippen LogP contribution in [-0.2, 0) is 4.84 Å². The Labute approximate surface area is 186 Å². The molecule has 0 saturated heterocycles. The van der Waals surface area contributed by atoms with Gasteiger partial charge in [-0.05, 0) is 100 Å². The number of unbranched alkanes of at least 4 members (excludes halogenated alkanes) is 1. The van der Waals surface area contributed by atoms with Gasteiger partial charge in [0, 0.05) is 0 Å². The third-order valence-corrected chi connectivity index (χ3v) is 4.88. The van der Waals surface area contributed by atoms with Crippen LogP contribution in [0.2, 0.25) is 0 Å². The molecule has 0 aliphatic rings. The summed E-state index contributed by atoms with van der Waals surface area (Å²) in [6, 6.07) is 10.1. The van der Waals surface area contributed by atoms with E-state index in [9.17, 15) is 0 Å². The number of hydrogen-bond acceptors (Lipinski definition) is 5. The minimum Gasteiger partial charge on any atom is -0.493 e. The lowest BCUT2D eigenvalue weighted by Crippen LogP contribution is -2.05. The summed E-state index contributed by atoms with van der Waals surface area (Å²) in [6.45, 7) is 12.0. The maximum atomic E-state index is 6.04. The summed E-state index contributed by atoms with van der Waals surface area (Å²) in [6.07, 6.45) is 5.82. The number of nitrogens with zero attached hydrogens (tertiary/aromatic N) is 1. The highest BCUT2D eigenvalue weighted by Crippen LogP contribution is 2.28. The van der Waals surface area contributed by atoms with Crippen molar-refractivity contribution < 1.29 is 19.0 Å². The van der Waals surface area contributed by atoms with E-state index in [1.807, 2.05) is 57.2 Å². The fraction of sp³-hybridized carbons (Fsp3) is 0.423. The maximum Gasteiger partial charge on any atom is 0.125 e. The molecular weight excluding hydrogens is 390 g/mol. The largest absolute Gasteiger partial charge is 0.493 e. The topological polar surface area (TPSA) is 49.3 Å². The highest BCUT2D eigenvalue weighted by atomic mass is 16.6. The Kier molecular flexibility index (Phi) is 9.95. The first kappa shape index (κ1) is 24.3. The predicted octanol–water partition coefficient (Wildman–Crippen LogP) is 6.18. The number of rotatable bonds is 12. The lowest BCUT2D eigenvalue weighted by atomic mass is 10.1. The summed E-state index contributed by atoms with van der Waals surface area (Å²) in [5.74, 6) is 2.72. The van der Waals surface area contributed by atoms with E-state index in [1.165, 1.54) is 0 Å². The van der Waals surface area contributed by atoms with E-state index < -0.39 is 0 Å². The van der Waals surface area contributed by atoms with Crippen LogP contribution in [0, 0.1) is 20.8 Å². The zero-order chi connectivity index (χ0) is 22.6. The minimum atomic E-state index is 0.581. The lowest BCUT2D eigenvalue weighted by Gasteiger charge is -2.15. The van der Waals surface area contributed by atoms with Crippen LogP contribution in [0.3, 0.4) is 0 Å². The number of ether oxygens (including phenoxy) is 3. The highest BCUT2D eigenvalue weighted by Gasteiger charge is 2.08. The van der Waals surface area contributed by atoms with E-state index in [2.05, 4.69) is 25.1 Å². The van der Waals surface area contributed by atoms with Crippen molar-refractivity contribution in [3.63, 3.8) is 0 Å². The molecule has 0 bridgehead atoms. The first-order valence-electron chi connectivity index (χ1n) is 10.8. The van der Waals surface area contributed by atoms with E-state index in [1.54, 1.807) is 7.11 Å². The minimum absolute atomic E-state index is 0.581. The van der Waals surface area contributed by atoms with E-state index in [4.69, 9.17) is 19.0 Å². The first-order chi connectivity index (χ1) is 15.0. The van der Waals surface area contributed by atoms with Gasteiger partial charge >= 0.3 is 0 Å². The molecule has 5 nitrogen and oxygen atoms in total. The number of allylic oxidation sites excluding steroid dienone is 1. The standard InChI is InChI=1S/C26H35NO4/c1-7-8-13-29-24-17-20(3)26(21(4)18-24)31-15-10-9-14-30-25-12-11-23(16-19(25)2)22(5)27-28-6/h7-8,11-12,16-18H,9-10,13-15H2,1-6H3/b8-7+,27-22?. The Morgan fingerprint density at radius 1 is 0.903 bits per heavy atom. The molecule has 0 radical (unpaired) electrons. The fourth-order valence-corrected chi connectivity index (χ4v) is 3.25. The Morgan fingerprint density at radius 3 is 2.19 bits per heavy atom. The molecule has 0 saturated carbocycles. The molecule has 0 unspecified atom stereocenters. The number of benzene rings is 2. The molecule has 168 valence electrons. The van der Waals surface area contributed by atoms with Gasteiger partial charge in [0.1, 0.15) is 31.0 Å². The molecule has 0 aliphatic heterocycles. The Morgan fingerprint density at radius 2 is 1.58 bits per heavy atom. The van der Waals surface area contributed by atoms with Crippen LogP contribution in [0.25, 0.3) is 0 Å². The smallest absolute Gasteiger partial charge is 0.125 e. The summed E-state index contributed by atoms with van der Waals surface area (Å²) in [4.78, 5) is 4.84. The van der Waals surface area contributed by atoms with Crippen LogP contribution in [-0.4, -0.2) is 32.6 Å². The van der Waals surface area contributed by atoms with Crippen molar-refractivity contribution in [3.05, 3.63) is 64.7 Å². The summed E-state index contributed by atoms with van der Waals surface area (Å²) in [5, 5.41) is 3.97. The number of aryl methyl sites for hydroxylation is 3. The second kappa shape index (κ2) is 12.7. The maximum absolute atomic E-state index is 6.04. The lowest BCUT2D eigenvalue weighted by molar-refractivity contribution is 0.213. The van der Waals surface area contributed by atoms with Crippen LogP contribution in [0.5, 0.6) is 17.2 Å². The SMILES string of the molecule is C/C=C/COc1cc(C)c(OCCCCOc2ccc(C(C)=NOC)cc2C)c(C)c1. The van der Waals surface area contributed by atoms with E-state index in [0.29, 0.717) is 19.8 Å². The van der Waals surface area contributed by atoms with Gasteiger partial charge in [-0.25, -0.2) is 0 Å². The number of hydrogen-bond donors (Lipinski definition) is 0. The first-order valence-corrected chi connectivity index (χ1v) is 10.8. The second-order valence-electron chi connectivity index (χ2n) is 7.51. The van der Waals surface area contributed by atoms with Gasteiger partial charge in [0.05, 0.1) is 18.9 Å². The van der Waals surface area contributed by atoms with E-state index in [0.717, 1.165) is 58.1 Å². The Hall–Kier alpha value is -2.95. The van der Waals surface area contributed by atoms with Gasteiger partial charge in [0.2, 0.25) is 0 Å². The van der Waals surface area contributed by atoms with Gasteiger partial charge in [-0.3, -0.25) is 0 Å². The Bertz CT molecular complexity index is 879. The van der Waals surface area contributed by atoms with Crippen molar-refractivity contribution in [2.24, 2.45) is 5.16 Å². The van der Waals surface area contributed by atoms with Crippen molar-refractivity contribution >= 4 is 5.71 Å². The zero-order valence-corrected chi connectivity index (χ0v) is 19.7. The average molecular weight is 426 g/mol. The molecule has 0 amide bonds. The quantitative estimate of drug-likeness (QED) is 0.176. The second-order valence-corrected chi connectivity index (χ2v) is 7.51. The van der Waals surface area contributed by atoms with Gasteiger partial charge in [-0.2, -0.15) is 0 Å². The molecular formula is C26H35NO4. The van der Waals surface area contributed by atoms with Crippen LogP contribution in [0.4, 0.5) is 0 Å². The van der Waals surface area contributed by atoms with Crippen LogP contribution in [0.1, 0.15) is 48.9 Å². The van der Waals surface area contributed by atoms with Crippen molar-refractivity contribution in [1.82, 2.24) is 0 Å². The molecule has 2 aromatic rings. The molecule has 0 N–H and O–H groups in total. The molecule has 0 aliphatic carbocycles. The summed E-state index contributed by atoms with van der Waals surface area (Å²) >= 11 is 0. The molecule has 0 aromatic heterocycles. The van der Waals surface area contributed by atoms with Gasteiger partial charge in [0.25, 0.3) is 0 Å². The third-order valence-electron chi connectivity index (χ3n) is 4.88. The summed E-state index contributed by atoms with van der Waals surface area (Å²) in [7, 11) is 1.55. The fourth-order valence-electron chi connectivity index (χ4n) is 3.25. The Balaban J connectivity index is 1.77. The van der Waals surface area contributed by atoms with Crippen LogP contribution in [0.15, 0.2) is 47.6 Å². The molecule has 0 fully saturated rings. The molecule has 2 rings (SSSR count). The zero-order valence-electron chi connectivity index (χ0n) is 19.7. The van der Waals surface area contributed by atoms with E-state index in [-0.39, 0.29) is 0 Å². The van der Waals surface area contributed by atoms with Crippen molar-refractivity contribution in [2.75, 3.05) is 26.9 Å². The van der Waals surface area contributed by atoms with Gasteiger partial charge in [0.15, 0.2) is 0 Å². The van der Waals surface area contributed by atoms with Crippen molar-refractivity contribution in [1.29, 1.82) is 0 Å². The third kappa shape index (κ3) is 7.67. The highest BCUT2D eigenvalue weighted by molar-refractivity contribution is 5.98. The normalized spacial score (nSPS) is 11.6. The van der Waals surface area contributed by atoms with Gasteiger partial charge in [-0.15, -0.1) is 0 Å². The van der Waals surface area contributed by atoms with Crippen LogP contribution >= 0.6 is 0 Å². The summed E-state index contributed by atoms with van der Waals surface area (Å²) in [5.41, 5.74) is 5.15. The van der Waals surface area contributed by atoms with Crippen molar-refractivity contribution in [3.8, 4) is 17.2 Å². The molecule has 31 heavy (non-hydrogen) atoms. The summed E-state index contributed by atoms with van der Waals surface area (Å²) < 4.78 is 17.7. The van der Waals surface area contributed by atoms with Crippen LogP contribution < -0.4 is 14.2 Å². The van der Waals surface area contributed by atoms with E-state index >= 15 is 0 Å². The van der Waals surface area contributed by atoms with Crippen molar-refractivity contribution in [2.45, 2.75) is 47.5 Å². The molecule has 0 heterocycles. The predicted molar refractivity (Wildman–Crippen MR) is 127 cm³/mol. The van der Waals surface area contributed by atoms with Gasteiger partial charge < -0.3 is 19.0 Å². The molecule has 0 atom stereocenters. The van der Waals surface area contributed by atoms with Gasteiger partial charge in [-0.1, -0.05) is 17.3 Å².